The standard InChI is InChI=1S/C39H42Cl2N6O6/c1-22-14-30(45-36(51-2)28(22)18-47-19-29(38(49)50)39(20-47)12-13-53-21-39)26-8-4-6-24(34(26)40)25-7-5-9-27(35(25)41)31-17-43-32(37(46-31)52-3)16-42-15-23-10-11-33(48)44-23/h4-9,14,17,23,29,42H,10-13,15-16,18-21H2,1-3H3,(H,44,48)(H,49,50). The van der Waals surface area contributed by atoms with Crippen molar-refractivity contribution in [3.63, 3.8) is 0 Å². The van der Waals surface area contributed by atoms with Crippen LogP contribution in [0, 0.1) is 18.3 Å². The SMILES string of the molecule is COc1nc(-c2cccc(-c3cccc(-c4cc(C)c(CN5CC(C(=O)O)C6(CCOC6)C5)c(OC)n4)c3Cl)c2Cl)cnc1CNCC1CCC(=O)N1. The fraction of sp³-hybridized carbons (Fsp3) is 0.410. The summed E-state index contributed by atoms with van der Waals surface area (Å²) in [5.74, 6) is -0.340. The van der Waals surface area contributed by atoms with Crippen molar-refractivity contribution < 1.29 is 28.9 Å². The van der Waals surface area contributed by atoms with Gasteiger partial charge in [0, 0.05) is 85.0 Å². The first-order chi connectivity index (χ1) is 25.6. The Morgan fingerprint density at radius 2 is 1.74 bits per heavy atom. The number of carboxylic acids is 1. The van der Waals surface area contributed by atoms with Crippen LogP contribution in [0.1, 0.15) is 36.1 Å². The maximum Gasteiger partial charge on any atom is 0.308 e. The van der Waals surface area contributed by atoms with Gasteiger partial charge in [0.15, 0.2) is 0 Å². The van der Waals surface area contributed by atoms with E-state index in [2.05, 4.69) is 20.5 Å². The van der Waals surface area contributed by atoms with Crippen LogP contribution in [-0.4, -0.2) is 89.9 Å². The van der Waals surface area contributed by atoms with E-state index in [4.69, 9.17) is 47.4 Å². The highest BCUT2D eigenvalue weighted by Gasteiger charge is 2.52. The minimum absolute atomic E-state index is 0.0767. The zero-order valence-electron chi connectivity index (χ0n) is 29.9. The molecule has 4 aromatic rings. The van der Waals surface area contributed by atoms with Crippen LogP contribution in [0.3, 0.4) is 0 Å². The number of ether oxygens (including phenoxy) is 3. The summed E-state index contributed by atoms with van der Waals surface area (Å²) in [6, 6.07) is 13.5. The number of carbonyl (C=O) groups is 2. The molecule has 2 aromatic carbocycles. The first-order valence-corrected chi connectivity index (χ1v) is 18.4. The number of hydrogen-bond acceptors (Lipinski definition) is 10. The van der Waals surface area contributed by atoms with Crippen molar-refractivity contribution in [2.75, 3.05) is 47.1 Å². The maximum absolute atomic E-state index is 12.2. The van der Waals surface area contributed by atoms with Gasteiger partial charge in [0.05, 0.1) is 54.4 Å². The minimum Gasteiger partial charge on any atom is -0.481 e. The number of hydrogen-bond donors (Lipinski definition) is 3. The normalized spacial score (nSPS) is 21.3. The van der Waals surface area contributed by atoms with Gasteiger partial charge < -0.3 is 30.0 Å². The molecule has 0 saturated carbocycles. The first-order valence-electron chi connectivity index (χ1n) is 17.7. The van der Waals surface area contributed by atoms with Crippen LogP contribution in [-0.2, 0) is 27.4 Å². The second-order valence-corrected chi connectivity index (χ2v) is 14.8. The average Bonchev–Trinajstić information content (AvgIpc) is 3.89. The van der Waals surface area contributed by atoms with Crippen LogP contribution in [0.25, 0.3) is 33.6 Å². The molecule has 1 amide bonds. The van der Waals surface area contributed by atoms with E-state index in [1.807, 2.05) is 49.4 Å². The molecule has 278 valence electrons. The van der Waals surface area contributed by atoms with Gasteiger partial charge in [-0.05, 0) is 31.4 Å². The van der Waals surface area contributed by atoms with E-state index in [1.54, 1.807) is 20.4 Å². The van der Waals surface area contributed by atoms with E-state index >= 15 is 0 Å². The van der Waals surface area contributed by atoms with E-state index in [9.17, 15) is 14.7 Å². The van der Waals surface area contributed by atoms with E-state index in [0.717, 1.165) is 29.5 Å². The summed E-state index contributed by atoms with van der Waals surface area (Å²) in [6.07, 6.45) is 3.77. The number of likely N-dealkylation sites (tertiary alicyclic amines) is 1. The van der Waals surface area contributed by atoms with Crippen LogP contribution in [0.15, 0.2) is 48.7 Å². The third kappa shape index (κ3) is 7.43. The molecular formula is C39H42Cl2N6O6. The number of amides is 1. The molecule has 0 bridgehead atoms. The van der Waals surface area contributed by atoms with Gasteiger partial charge >= 0.3 is 5.97 Å². The molecule has 5 heterocycles. The number of carboxylic acid groups (broad SMARTS) is 1. The Labute approximate surface area is 318 Å². The van der Waals surface area contributed by atoms with Crippen molar-refractivity contribution in [2.24, 2.45) is 11.3 Å². The van der Waals surface area contributed by atoms with E-state index in [0.29, 0.717) is 108 Å². The van der Waals surface area contributed by atoms with Crippen LogP contribution in [0.2, 0.25) is 10.0 Å². The number of aliphatic carboxylic acids is 1. The quantitative estimate of drug-likeness (QED) is 0.161. The highest BCUT2D eigenvalue weighted by atomic mass is 35.5. The Hall–Kier alpha value is -4.33. The van der Waals surface area contributed by atoms with Crippen LogP contribution >= 0.6 is 23.2 Å². The molecule has 53 heavy (non-hydrogen) atoms. The Bertz CT molecular complexity index is 2040. The number of halogens is 2. The third-order valence-corrected chi connectivity index (χ3v) is 11.5. The van der Waals surface area contributed by atoms with Crippen molar-refractivity contribution in [1.29, 1.82) is 0 Å². The highest BCUT2D eigenvalue weighted by Crippen LogP contribution is 2.45. The lowest BCUT2D eigenvalue weighted by Gasteiger charge is -2.25. The fourth-order valence-electron chi connectivity index (χ4n) is 7.83. The molecule has 3 N–H and O–H groups in total. The van der Waals surface area contributed by atoms with Crippen LogP contribution in [0.5, 0.6) is 11.8 Å². The molecule has 3 aliphatic heterocycles. The smallest absolute Gasteiger partial charge is 0.308 e. The van der Waals surface area contributed by atoms with Gasteiger partial charge in [0.25, 0.3) is 0 Å². The molecule has 0 aliphatic carbocycles. The number of carbonyl (C=O) groups excluding carboxylic acids is 1. The second kappa shape index (κ2) is 15.6. The van der Waals surface area contributed by atoms with E-state index < -0.39 is 11.9 Å². The number of aryl methyl sites for hydroxylation is 1. The van der Waals surface area contributed by atoms with Crippen LogP contribution < -0.4 is 20.1 Å². The third-order valence-electron chi connectivity index (χ3n) is 10.6. The van der Waals surface area contributed by atoms with Gasteiger partial charge in [-0.2, -0.15) is 0 Å². The van der Waals surface area contributed by atoms with Gasteiger partial charge in [-0.1, -0.05) is 59.6 Å². The largest absolute Gasteiger partial charge is 0.481 e. The highest BCUT2D eigenvalue weighted by molar-refractivity contribution is 6.39. The molecule has 3 saturated heterocycles. The van der Waals surface area contributed by atoms with Gasteiger partial charge in [0.2, 0.25) is 17.7 Å². The van der Waals surface area contributed by atoms with Crippen molar-refractivity contribution in [1.82, 2.24) is 30.5 Å². The predicted molar refractivity (Wildman–Crippen MR) is 201 cm³/mol. The molecule has 3 fully saturated rings. The molecule has 1 spiro atoms. The van der Waals surface area contributed by atoms with Gasteiger partial charge in [-0.3, -0.25) is 19.5 Å². The van der Waals surface area contributed by atoms with Gasteiger partial charge in [0.1, 0.15) is 5.69 Å². The lowest BCUT2D eigenvalue weighted by atomic mass is 9.77. The number of aromatic nitrogens is 3. The Kier molecular flexibility index (Phi) is 10.9. The lowest BCUT2D eigenvalue weighted by molar-refractivity contribution is -0.144. The average molecular weight is 762 g/mol. The maximum atomic E-state index is 12.2. The first kappa shape index (κ1) is 37.0. The fourth-order valence-corrected chi connectivity index (χ4v) is 8.48. The zero-order valence-corrected chi connectivity index (χ0v) is 31.4. The van der Waals surface area contributed by atoms with Crippen molar-refractivity contribution >= 4 is 35.1 Å². The number of methoxy groups -OCH3 is 2. The number of benzene rings is 2. The lowest BCUT2D eigenvalue weighted by Crippen LogP contribution is -2.35. The molecular weight excluding hydrogens is 719 g/mol. The Morgan fingerprint density at radius 3 is 2.36 bits per heavy atom. The van der Waals surface area contributed by atoms with Gasteiger partial charge in [-0.25, -0.2) is 9.97 Å². The molecule has 3 aliphatic rings. The molecule has 7 rings (SSSR count). The summed E-state index contributed by atoms with van der Waals surface area (Å²) in [5.41, 5.74) is 6.14. The summed E-state index contributed by atoms with van der Waals surface area (Å²) in [5, 5.41) is 17.2. The molecule has 3 unspecified atom stereocenters. The summed E-state index contributed by atoms with van der Waals surface area (Å²) in [6.45, 7) is 5.71. The summed E-state index contributed by atoms with van der Waals surface area (Å²) >= 11 is 14.3. The monoisotopic (exact) mass is 760 g/mol. The summed E-state index contributed by atoms with van der Waals surface area (Å²) in [7, 11) is 3.14. The number of nitrogens with one attached hydrogen (secondary N) is 2. The van der Waals surface area contributed by atoms with E-state index in [-0.39, 0.29) is 17.4 Å². The topological polar surface area (TPSA) is 148 Å². The summed E-state index contributed by atoms with van der Waals surface area (Å²) < 4.78 is 17.1. The number of nitrogens with zero attached hydrogens (tertiary/aromatic N) is 4. The zero-order chi connectivity index (χ0) is 37.3. The predicted octanol–water partition coefficient (Wildman–Crippen LogP) is 5.80. The van der Waals surface area contributed by atoms with Crippen molar-refractivity contribution in [2.45, 2.75) is 45.3 Å². The van der Waals surface area contributed by atoms with Crippen LogP contribution in [0.4, 0.5) is 0 Å². The van der Waals surface area contributed by atoms with E-state index in [1.165, 1.54) is 0 Å². The molecule has 12 nitrogen and oxygen atoms in total. The molecule has 14 heteroatoms. The Balaban J connectivity index is 1.13. The van der Waals surface area contributed by atoms with Crippen molar-refractivity contribution in [3.8, 4) is 45.4 Å². The van der Waals surface area contributed by atoms with Gasteiger partial charge in [-0.15, -0.1) is 0 Å². The Morgan fingerprint density at radius 1 is 1.06 bits per heavy atom. The number of rotatable bonds is 12. The van der Waals surface area contributed by atoms with Crippen molar-refractivity contribution in [3.05, 3.63) is 75.5 Å². The molecule has 2 aromatic heterocycles. The molecule has 0 radical (unpaired) electrons. The summed E-state index contributed by atoms with van der Waals surface area (Å²) in [4.78, 5) is 40.2. The second-order valence-electron chi connectivity index (χ2n) is 14.0. The molecule has 3 atom stereocenters. The minimum atomic E-state index is -0.780. The number of pyridine rings is 1.